The lowest BCUT2D eigenvalue weighted by Crippen LogP contribution is -2.44. The van der Waals surface area contributed by atoms with Crippen LogP contribution in [0, 0.1) is 0 Å². The van der Waals surface area contributed by atoms with E-state index < -0.39 is 0 Å². The molecule has 1 aliphatic heterocycles. The van der Waals surface area contributed by atoms with Crippen LogP contribution < -0.4 is 0 Å². The first kappa shape index (κ1) is 12.5. The summed E-state index contributed by atoms with van der Waals surface area (Å²) in [5.74, 6) is -0.0413. The molecule has 0 amide bonds. The molecule has 1 saturated heterocycles. The largest absolute Gasteiger partial charge is 0.465 e. The second-order valence-electron chi connectivity index (χ2n) is 4.12. The van der Waals surface area contributed by atoms with Crippen LogP contribution in [-0.2, 0) is 9.53 Å². The van der Waals surface area contributed by atoms with Gasteiger partial charge in [0.2, 0.25) is 0 Å². The second kappa shape index (κ2) is 6.11. The number of carbonyl (C=O) groups excluding carboxylic acids is 1. The minimum atomic E-state index is -0.0413. The summed E-state index contributed by atoms with van der Waals surface area (Å²) in [6.45, 7) is 7.66. The van der Waals surface area contributed by atoms with Crippen molar-refractivity contribution >= 4 is 5.97 Å². The maximum atomic E-state index is 11.8. The van der Waals surface area contributed by atoms with Crippen LogP contribution in [0.1, 0.15) is 46.5 Å². The fraction of sp³-hybridized carbons (Fsp3) is 0.917. The molecule has 3 heteroatoms. The lowest BCUT2D eigenvalue weighted by atomic mass is 10.1. The standard InChI is InChI=1S/C12H23NO2/c1-4-10-8-7-9-13(10)11(5-2)12(14)15-6-3/h10-11H,4-9H2,1-3H3. The van der Waals surface area contributed by atoms with E-state index in [1.54, 1.807) is 0 Å². The fourth-order valence-corrected chi connectivity index (χ4v) is 2.48. The summed E-state index contributed by atoms with van der Waals surface area (Å²) in [6.07, 6.45) is 4.44. The Kier molecular flexibility index (Phi) is 5.09. The lowest BCUT2D eigenvalue weighted by Gasteiger charge is -2.30. The molecule has 0 aromatic rings. The van der Waals surface area contributed by atoms with E-state index in [9.17, 15) is 4.79 Å². The molecule has 0 aromatic heterocycles. The fourth-order valence-electron chi connectivity index (χ4n) is 2.48. The summed E-state index contributed by atoms with van der Waals surface area (Å²) < 4.78 is 5.12. The Morgan fingerprint density at radius 2 is 2.20 bits per heavy atom. The van der Waals surface area contributed by atoms with E-state index in [-0.39, 0.29) is 12.0 Å². The summed E-state index contributed by atoms with van der Waals surface area (Å²) in [5.41, 5.74) is 0. The normalized spacial score (nSPS) is 24.1. The number of nitrogens with zero attached hydrogens (tertiary/aromatic N) is 1. The Morgan fingerprint density at radius 1 is 1.47 bits per heavy atom. The van der Waals surface area contributed by atoms with Crippen LogP contribution in [-0.4, -0.2) is 36.1 Å². The molecule has 88 valence electrons. The minimum Gasteiger partial charge on any atom is -0.465 e. The van der Waals surface area contributed by atoms with Gasteiger partial charge in [-0.15, -0.1) is 0 Å². The van der Waals surface area contributed by atoms with Crippen molar-refractivity contribution in [3.8, 4) is 0 Å². The molecule has 0 radical (unpaired) electrons. The SMILES string of the molecule is CCOC(=O)C(CC)N1CCCC1CC. The van der Waals surface area contributed by atoms with Gasteiger partial charge in [0.1, 0.15) is 6.04 Å². The smallest absolute Gasteiger partial charge is 0.323 e. The Balaban J connectivity index is 2.60. The van der Waals surface area contributed by atoms with Crippen LogP contribution in [0.3, 0.4) is 0 Å². The molecule has 15 heavy (non-hydrogen) atoms. The van der Waals surface area contributed by atoms with E-state index in [1.807, 2.05) is 6.92 Å². The molecule has 2 atom stereocenters. The van der Waals surface area contributed by atoms with Gasteiger partial charge in [0.25, 0.3) is 0 Å². The monoisotopic (exact) mass is 213 g/mol. The van der Waals surface area contributed by atoms with Gasteiger partial charge in [0.15, 0.2) is 0 Å². The third kappa shape index (κ3) is 2.94. The second-order valence-corrected chi connectivity index (χ2v) is 4.12. The van der Waals surface area contributed by atoms with E-state index in [0.717, 1.165) is 19.4 Å². The highest BCUT2D eigenvalue weighted by Gasteiger charge is 2.33. The summed E-state index contributed by atoms with van der Waals surface area (Å²) in [7, 11) is 0. The molecule has 0 aliphatic carbocycles. The van der Waals surface area contributed by atoms with Gasteiger partial charge < -0.3 is 4.74 Å². The average molecular weight is 213 g/mol. The van der Waals surface area contributed by atoms with Gasteiger partial charge in [-0.1, -0.05) is 13.8 Å². The average Bonchev–Trinajstić information content (AvgIpc) is 2.67. The highest BCUT2D eigenvalue weighted by atomic mass is 16.5. The Labute approximate surface area is 92.8 Å². The molecule has 0 aromatic carbocycles. The first-order chi connectivity index (χ1) is 7.24. The zero-order valence-corrected chi connectivity index (χ0v) is 10.2. The van der Waals surface area contributed by atoms with Crippen molar-refractivity contribution in [1.82, 2.24) is 4.90 Å². The molecule has 2 unspecified atom stereocenters. The predicted molar refractivity (Wildman–Crippen MR) is 60.7 cm³/mol. The highest BCUT2D eigenvalue weighted by molar-refractivity contribution is 5.75. The predicted octanol–water partition coefficient (Wildman–Crippen LogP) is 2.20. The molecular weight excluding hydrogens is 190 g/mol. The minimum absolute atomic E-state index is 0.0163. The van der Waals surface area contributed by atoms with Crippen molar-refractivity contribution in [2.24, 2.45) is 0 Å². The maximum Gasteiger partial charge on any atom is 0.323 e. The van der Waals surface area contributed by atoms with E-state index in [0.29, 0.717) is 12.6 Å². The van der Waals surface area contributed by atoms with Gasteiger partial charge in [0.05, 0.1) is 6.61 Å². The van der Waals surface area contributed by atoms with E-state index >= 15 is 0 Å². The number of likely N-dealkylation sites (tertiary alicyclic amines) is 1. The van der Waals surface area contributed by atoms with Gasteiger partial charge in [-0.3, -0.25) is 9.69 Å². The summed E-state index contributed by atoms with van der Waals surface area (Å²) >= 11 is 0. The molecule has 0 spiro atoms. The molecule has 1 aliphatic rings. The molecule has 0 N–H and O–H groups in total. The molecular formula is C12H23NO2. The molecule has 0 saturated carbocycles. The Morgan fingerprint density at radius 3 is 2.73 bits per heavy atom. The third-order valence-electron chi connectivity index (χ3n) is 3.24. The van der Waals surface area contributed by atoms with Crippen molar-refractivity contribution in [2.75, 3.05) is 13.2 Å². The number of hydrogen-bond donors (Lipinski definition) is 0. The van der Waals surface area contributed by atoms with Crippen LogP contribution in [0.25, 0.3) is 0 Å². The lowest BCUT2D eigenvalue weighted by molar-refractivity contribution is -0.150. The van der Waals surface area contributed by atoms with Crippen LogP contribution in [0.15, 0.2) is 0 Å². The van der Waals surface area contributed by atoms with Crippen LogP contribution in [0.2, 0.25) is 0 Å². The highest BCUT2D eigenvalue weighted by Crippen LogP contribution is 2.24. The van der Waals surface area contributed by atoms with Gasteiger partial charge >= 0.3 is 5.97 Å². The quantitative estimate of drug-likeness (QED) is 0.656. The van der Waals surface area contributed by atoms with E-state index in [2.05, 4.69) is 18.7 Å². The topological polar surface area (TPSA) is 29.5 Å². The number of hydrogen-bond acceptors (Lipinski definition) is 3. The van der Waals surface area contributed by atoms with Crippen molar-refractivity contribution in [2.45, 2.75) is 58.5 Å². The van der Waals surface area contributed by atoms with Gasteiger partial charge in [-0.2, -0.15) is 0 Å². The van der Waals surface area contributed by atoms with E-state index in [1.165, 1.54) is 12.8 Å². The molecule has 0 bridgehead atoms. The number of carbonyl (C=O) groups is 1. The van der Waals surface area contributed by atoms with Crippen molar-refractivity contribution in [3.05, 3.63) is 0 Å². The molecule has 1 heterocycles. The van der Waals surface area contributed by atoms with Gasteiger partial charge in [-0.25, -0.2) is 0 Å². The van der Waals surface area contributed by atoms with Crippen LogP contribution >= 0.6 is 0 Å². The Bertz CT molecular complexity index is 206. The molecule has 1 rings (SSSR count). The van der Waals surface area contributed by atoms with Crippen LogP contribution in [0.4, 0.5) is 0 Å². The first-order valence-electron chi connectivity index (χ1n) is 6.16. The Hall–Kier alpha value is -0.570. The third-order valence-corrected chi connectivity index (χ3v) is 3.24. The summed E-state index contributed by atoms with van der Waals surface area (Å²) in [5, 5.41) is 0. The zero-order chi connectivity index (χ0) is 11.3. The first-order valence-corrected chi connectivity index (χ1v) is 6.16. The van der Waals surface area contributed by atoms with Crippen molar-refractivity contribution < 1.29 is 9.53 Å². The number of rotatable bonds is 5. The van der Waals surface area contributed by atoms with Crippen molar-refractivity contribution in [1.29, 1.82) is 0 Å². The van der Waals surface area contributed by atoms with Crippen LogP contribution in [0.5, 0.6) is 0 Å². The van der Waals surface area contributed by atoms with Gasteiger partial charge in [0, 0.05) is 6.04 Å². The number of esters is 1. The van der Waals surface area contributed by atoms with Crippen molar-refractivity contribution in [3.63, 3.8) is 0 Å². The zero-order valence-electron chi connectivity index (χ0n) is 10.2. The number of ether oxygens (including phenoxy) is 1. The summed E-state index contributed by atoms with van der Waals surface area (Å²) in [6, 6.07) is 0.566. The van der Waals surface area contributed by atoms with E-state index in [4.69, 9.17) is 4.74 Å². The van der Waals surface area contributed by atoms with Gasteiger partial charge in [-0.05, 0) is 39.2 Å². The molecule has 1 fully saturated rings. The molecule has 3 nitrogen and oxygen atoms in total. The summed E-state index contributed by atoms with van der Waals surface area (Å²) in [4.78, 5) is 14.1. The maximum absolute atomic E-state index is 11.8.